The minimum absolute atomic E-state index is 0.0559. The quantitative estimate of drug-likeness (QED) is 0.141. The molecule has 0 spiro atoms. The molecule has 3 amide bonds. The molecule has 8 heteroatoms. The minimum atomic E-state index is -0.503. The van der Waals surface area contributed by atoms with E-state index in [0.29, 0.717) is 21.8 Å². The zero-order chi connectivity index (χ0) is 29.4. The Bertz CT molecular complexity index is 1600. The Hall–Kier alpha value is -4.33. The van der Waals surface area contributed by atoms with Crippen LogP contribution >= 0.6 is 23.4 Å². The van der Waals surface area contributed by atoms with E-state index >= 15 is 0 Å². The molecule has 0 saturated carbocycles. The zero-order valence-electron chi connectivity index (χ0n) is 22.9. The van der Waals surface area contributed by atoms with Crippen LogP contribution in [0.15, 0.2) is 108 Å². The summed E-state index contributed by atoms with van der Waals surface area (Å²) in [5.41, 5.74) is 4.57. The summed E-state index contributed by atoms with van der Waals surface area (Å²) in [5, 5.41) is 8.70. The van der Waals surface area contributed by atoms with Gasteiger partial charge < -0.3 is 16.0 Å². The Morgan fingerprint density at radius 2 is 1.59 bits per heavy atom. The summed E-state index contributed by atoms with van der Waals surface area (Å²) in [6.07, 6.45) is 1.57. The monoisotopic (exact) mass is 583 g/mol. The molecule has 41 heavy (non-hydrogen) atoms. The van der Waals surface area contributed by atoms with Crippen molar-refractivity contribution in [2.24, 2.45) is 0 Å². The van der Waals surface area contributed by atoms with Crippen molar-refractivity contribution >= 4 is 58.5 Å². The second-order valence-electron chi connectivity index (χ2n) is 9.48. The zero-order valence-corrected chi connectivity index (χ0v) is 24.5. The molecule has 4 rings (SSSR count). The van der Waals surface area contributed by atoms with Crippen LogP contribution in [0.2, 0.25) is 5.02 Å². The first-order valence-electron chi connectivity index (χ1n) is 13.0. The Morgan fingerprint density at radius 3 is 2.32 bits per heavy atom. The van der Waals surface area contributed by atoms with Gasteiger partial charge in [-0.15, -0.1) is 11.8 Å². The first kappa shape index (κ1) is 29.6. The first-order chi connectivity index (χ1) is 19.7. The summed E-state index contributed by atoms with van der Waals surface area (Å²) in [6.45, 7) is 5.81. The molecule has 0 aliphatic carbocycles. The first-order valence-corrected chi connectivity index (χ1v) is 14.2. The van der Waals surface area contributed by atoms with E-state index in [1.54, 1.807) is 72.8 Å². The number of aryl methyl sites for hydroxylation is 2. The number of carbonyl (C=O) groups excluding carboxylic acids is 3. The van der Waals surface area contributed by atoms with Crippen molar-refractivity contribution in [3.05, 3.63) is 130 Å². The van der Waals surface area contributed by atoms with Gasteiger partial charge >= 0.3 is 0 Å². The van der Waals surface area contributed by atoms with Crippen molar-refractivity contribution < 1.29 is 14.4 Å². The Labute approximate surface area is 249 Å². The van der Waals surface area contributed by atoms with E-state index in [9.17, 15) is 14.4 Å². The van der Waals surface area contributed by atoms with Crippen molar-refractivity contribution in [3.8, 4) is 0 Å². The molecule has 0 heterocycles. The van der Waals surface area contributed by atoms with Gasteiger partial charge in [0.25, 0.3) is 11.8 Å². The van der Waals surface area contributed by atoms with E-state index in [4.69, 9.17) is 11.6 Å². The number of hydrogen-bond donors (Lipinski definition) is 3. The van der Waals surface area contributed by atoms with Crippen LogP contribution in [0.4, 0.5) is 11.4 Å². The van der Waals surface area contributed by atoms with Crippen molar-refractivity contribution in [1.29, 1.82) is 0 Å². The molecule has 0 fully saturated rings. The number of thioether (sulfide) groups is 1. The van der Waals surface area contributed by atoms with Crippen LogP contribution in [-0.2, 0) is 9.59 Å². The van der Waals surface area contributed by atoms with Gasteiger partial charge in [0.1, 0.15) is 5.70 Å². The van der Waals surface area contributed by atoms with Gasteiger partial charge in [-0.3, -0.25) is 14.4 Å². The predicted octanol–water partition coefficient (Wildman–Crippen LogP) is 7.49. The molecule has 4 aromatic rings. The molecule has 1 unspecified atom stereocenters. The molecule has 0 saturated heterocycles. The van der Waals surface area contributed by atoms with E-state index in [1.165, 1.54) is 11.8 Å². The normalized spacial score (nSPS) is 11.9. The maximum absolute atomic E-state index is 13.4. The van der Waals surface area contributed by atoms with E-state index < -0.39 is 11.8 Å². The predicted molar refractivity (Wildman–Crippen MR) is 168 cm³/mol. The molecular weight excluding hydrogens is 554 g/mol. The fourth-order valence-electron chi connectivity index (χ4n) is 4.00. The van der Waals surface area contributed by atoms with Gasteiger partial charge in [-0.1, -0.05) is 65.7 Å². The minimum Gasteiger partial charge on any atom is -0.325 e. The number of anilines is 2. The summed E-state index contributed by atoms with van der Waals surface area (Å²) < 4.78 is 0. The van der Waals surface area contributed by atoms with E-state index in [-0.39, 0.29) is 16.9 Å². The van der Waals surface area contributed by atoms with Gasteiger partial charge in [0.05, 0.1) is 5.25 Å². The third-order valence-electron chi connectivity index (χ3n) is 6.10. The number of amides is 3. The third kappa shape index (κ3) is 8.58. The van der Waals surface area contributed by atoms with Crippen molar-refractivity contribution in [2.45, 2.75) is 30.9 Å². The molecule has 6 nitrogen and oxygen atoms in total. The highest BCUT2D eigenvalue weighted by molar-refractivity contribution is 8.00. The van der Waals surface area contributed by atoms with Crippen LogP contribution in [0.25, 0.3) is 6.08 Å². The molecular formula is C33H30ClN3O3S. The molecule has 0 aliphatic rings. The molecule has 3 N–H and O–H groups in total. The summed E-state index contributed by atoms with van der Waals surface area (Å²) >= 11 is 7.51. The highest BCUT2D eigenvalue weighted by atomic mass is 35.5. The summed E-state index contributed by atoms with van der Waals surface area (Å²) in [7, 11) is 0. The summed E-state index contributed by atoms with van der Waals surface area (Å²) in [6, 6.07) is 28.7. The Morgan fingerprint density at radius 1 is 0.829 bits per heavy atom. The highest BCUT2D eigenvalue weighted by Gasteiger charge is 2.18. The third-order valence-corrected chi connectivity index (χ3v) is 7.43. The second kappa shape index (κ2) is 13.8. The van der Waals surface area contributed by atoms with Crippen molar-refractivity contribution in [2.75, 3.05) is 10.6 Å². The van der Waals surface area contributed by atoms with E-state index in [1.807, 2.05) is 51.1 Å². The molecule has 0 bridgehead atoms. The van der Waals surface area contributed by atoms with Gasteiger partial charge in [-0.25, -0.2) is 0 Å². The molecule has 4 aromatic carbocycles. The van der Waals surface area contributed by atoms with Gasteiger partial charge in [0.2, 0.25) is 5.91 Å². The molecule has 0 aromatic heterocycles. The maximum Gasteiger partial charge on any atom is 0.272 e. The topological polar surface area (TPSA) is 87.3 Å². The van der Waals surface area contributed by atoms with Crippen LogP contribution in [0, 0.1) is 13.8 Å². The van der Waals surface area contributed by atoms with Crippen LogP contribution in [0.3, 0.4) is 0 Å². The average molecular weight is 584 g/mol. The number of benzene rings is 4. The number of carbonyl (C=O) groups is 3. The lowest BCUT2D eigenvalue weighted by Crippen LogP contribution is -2.30. The Kier molecular flexibility index (Phi) is 10.0. The largest absolute Gasteiger partial charge is 0.325 e. The smallest absolute Gasteiger partial charge is 0.272 e. The fourth-order valence-corrected chi connectivity index (χ4v) is 5.12. The molecule has 1 atom stereocenters. The summed E-state index contributed by atoms with van der Waals surface area (Å²) in [5.74, 6) is -1.04. The SMILES string of the molecule is Cc1ccc(NC(=O)C(C)Sc2cccc(NC(=O)/C(=C/c3cccc(Cl)c3)NC(=O)c3ccccc3)c2)c(C)c1. The lowest BCUT2D eigenvalue weighted by Gasteiger charge is -2.15. The van der Waals surface area contributed by atoms with E-state index in [0.717, 1.165) is 21.7 Å². The number of hydrogen-bond acceptors (Lipinski definition) is 4. The van der Waals surface area contributed by atoms with E-state index in [2.05, 4.69) is 16.0 Å². The standard InChI is InChI=1S/C33H30ClN3O3S/c1-21-15-16-29(22(2)17-21)36-31(38)23(3)41-28-14-8-13-27(20-28)35-33(40)30(19-24-9-7-12-26(34)18-24)37-32(39)25-10-5-4-6-11-25/h4-20,23H,1-3H3,(H,35,40)(H,36,38)(H,37,39)/b30-19-. The molecule has 0 aliphatic heterocycles. The van der Waals surface area contributed by atoms with Crippen LogP contribution in [0.5, 0.6) is 0 Å². The maximum atomic E-state index is 13.4. The van der Waals surface area contributed by atoms with Gasteiger partial charge in [0, 0.05) is 26.9 Å². The van der Waals surface area contributed by atoms with Crippen molar-refractivity contribution in [3.63, 3.8) is 0 Å². The summed E-state index contributed by atoms with van der Waals surface area (Å²) in [4.78, 5) is 39.9. The lowest BCUT2D eigenvalue weighted by atomic mass is 10.1. The van der Waals surface area contributed by atoms with Gasteiger partial charge in [0.15, 0.2) is 0 Å². The highest BCUT2D eigenvalue weighted by Crippen LogP contribution is 2.27. The molecule has 0 radical (unpaired) electrons. The second-order valence-corrected chi connectivity index (χ2v) is 11.3. The Balaban J connectivity index is 1.48. The number of nitrogens with one attached hydrogen (secondary N) is 3. The molecule has 208 valence electrons. The van der Waals surface area contributed by atoms with Crippen LogP contribution in [-0.4, -0.2) is 23.0 Å². The lowest BCUT2D eigenvalue weighted by molar-refractivity contribution is -0.115. The number of halogens is 1. The number of rotatable bonds is 9. The van der Waals surface area contributed by atoms with Crippen LogP contribution < -0.4 is 16.0 Å². The fraction of sp³-hybridized carbons (Fsp3) is 0.121. The van der Waals surface area contributed by atoms with Crippen molar-refractivity contribution in [1.82, 2.24) is 5.32 Å². The van der Waals surface area contributed by atoms with Gasteiger partial charge in [-0.2, -0.15) is 0 Å². The average Bonchev–Trinajstić information content (AvgIpc) is 2.94. The van der Waals surface area contributed by atoms with Gasteiger partial charge in [-0.05, 0) is 86.5 Å². The van der Waals surface area contributed by atoms with Crippen LogP contribution in [0.1, 0.15) is 34.0 Å².